The van der Waals surface area contributed by atoms with Gasteiger partial charge in [0.1, 0.15) is 6.10 Å². The second-order valence-electron chi connectivity index (χ2n) is 8.40. The van der Waals surface area contributed by atoms with Crippen molar-refractivity contribution in [3.05, 3.63) is 42.1 Å². The monoisotopic (exact) mass is 406 g/mol. The number of rotatable bonds is 3. The predicted molar refractivity (Wildman–Crippen MR) is 117 cm³/mol. The summed E-state index contributed by atoms with van der Waals surface area (Å²) < 4.78 is 5.78. The minimum absolute atomic E-state index is 0.0196. The summed E-state index contributed by atoms with van der Waals surface area (Å²) in [6, 6.07) is 9.78. The number of ether oxygens (including phenoxy) is 1. The molecule has 1 atom stereocenters. The first-order chi connectivity index (χ1) is 14.7. The minimum Gasteiger partial charge on any atom is -0.446 e. The highest BCUT2D eigenvalue weighted by molar-refractivity contribution is 5.79. The highest BCUT2D eigenvalue weighted by atomic mass is 16.6. The molecule has 2 fully saturated rings. The Kier molecular flexibility index (Phi) is 6.86. The number of carbonyl (C=O) groups is 1. The third kappa shape index (κ3) is 5.12. The summed E-state index contributed by atoms with van der Waals surface area (Å²) in [5.74, 6) is 5.87. The van der Waals surface area contributed by atoms with Gasteiger partial charge in [-0.05, 0) is 56.6 Å². The number of pyridine rings is 1. The predicted octanol–water partition coefficient (Wildman–Crippen LogP) is 5.01. The van der Waals surface area contributed by atoms with E-state index in [0.717, 1.165) is 67.8 Å². The van der Waals surface area contributed by atoms with Crippen LogP contribution in [0.1, 0.15) is 69.8 Å². The molecule has 0 aliphatic heterocycles. The molecular weight excluding hydrogens is 376 g/mol. The van der Waals surface area contributed by atoms with Gasteiger partial charge in [0.25, 0.3) is 0 Å². The first-order valence-electron chi connectivity index (χ1n) is 11.2. The molecule has 2 aliphatic carbocycles. The van der Waals surface area contributed by atoms with Crippen molar-refractivity contribution < 1.29 is 14.6 Å². The Bertz CT molecular complexity index is 921. The number of benzene rings is 1. The Balaban J connectivity index is 1.51. The molecule has 2 saturated carbocycles. The van der Waals surface area contributed by atoms with Crippen molar-refractivity contribution in [2.45, 2.75) is 82.6 Å². The number of hydrogen-bond acceptors (Lipinski definition) is 4. The molecule has 2 aliphatic rings. The molecule has 30 heavy (non-hydrogen) atoms. The maximum absolute atomic E-state index is 13.0. The first-order valence-corrected chi connectivity index (χ1v) is 11.2. The normalized spacial score (nSPS) is 19.0. The summed E-state index contributed by atoms with van der Waals surface area (Å²) in [4.78, 5) is 18.9. The van der Waals surface area contributed by atoms with E-state index < -0.39 is 12.3 Å². The molecule has 1 N–H and O–H groups in total. The number of amides is 1. The molecule has 5 heteroatoms. The summed E-state index contributed by atoms with van der Waals surface area (Å²) in [5.41, 5.74) is 1.63. The van der Waals surface area contributed by atoms with Gasteiger partial charge in [-0.2, -0.15) is 0 Å². The fourth-order valence-electron chi connectivity index (χ4n) is 4.55. The topological polar surface area (TPSA) is 62.7 Å². The van der Waals surface area contributed by atoms with Crippen LogP contribution < -0.4 is 0 Å². The zero-order valence-corrected chi connectivity index (χ0v) is 17.4. The van der Waals surface area contributed by atoms with Crippen LogP contribution in [0.5, 0.6) is 0 Å². The zero-order valence-electron chi connectivity index (χ0n) is 17.4. The van der Waals surface area contributed by atoms with Crippen LogP contribution in [0.4, 0.5) is 4.79 Å². The van der Waals surface area contributed by atoms with Crippen LogP contribution in [0.3, 0.4) is 0 Å². The van der Waals surface area contributed by atoms with E-state index in [1.165, 1.54) is 17.7 Å². The van der Waals surface area contributed by atoms with E-state index in [2.05, 4.69) is 16.8 Å². The number of fused-ring (bicyclic) bond motifs is 1. The third-order valence-electron chi connectivity index (χ3n) is 6.20. The lowest BCUT2D eigenvalue weighted by Crippen LogP contribution is -2.48. The Morgan fingerprint density at radius 1 is 1.07 bits per heavy atom. The Labute approximate surface area is 178 Å². The summed E-state index contributed by atoms with van der Waals surface area (Å²) in [6.45, 7) is 0. The van der Waals surface area contributed by atoms with E-state index in [1.54, 1.807) is 6.20 Å². The van der Waals surface area contributed by atoms with Crippen LogP contribution in [0.15, 0.2) is 36.5 Å². The van der Waals surface area contributed by atoms with Gasteiger partial charge in [-0.3, -0.25) is 9.88 Å². The average Bonchev–Trinajstić information content (AvgIpc) is 2.79. The Hall–Kier alpha value is -2.58. The quantitative estimate of drug-likeness (QED) is 0.575. The van der Waals surface area contributed by atoms with Crippen molar-refractivity contribution in [1.29, 1.82) is 0 Å². The lowest BCUT2D eigenvalue weighted by Gasteiger charge is -2.36. The van der Waals surface area contributed by atoms with Crippen LogP contribution in [-0.2, 0) is 4.74 Å². The molecule has 1 amide bonds. The number of para-hydroxylation sites is 1. The van der Waals surface area contributed by atoms with Gasteiger partial charge in [0.05, 0.1) is 5.52 Å². The van der Waals surface area contributed by atoms with Crippen LogP contribution in [0.2, 0.25) is 0 Å². The van der Waals surface area contributed by atoms with Crippen molar-refractivity contribution in [2.75, 3.05) is 0 Å². The SMILES string of the molecule is O=C(OC1CCCCC1)N(C(O)C#Cc1cnc2ccccc2c1)C1CCCCC1. The standard InChI is InChI=1S/C25H30N2O3/c28-24(16-15-19-17-20-9-7-8-14-23(20)26-18-19)27(21-10-3-1-4-11-21)25(29)30-22-12-5-2-6-13-22/h7-9,14,17-18,21-22,24,28H,1-6,10-13H2. The summed E-state index contributed by atoms with van der Waals surface area (Å²) in [7, 11) is 0. The molecule has 2 aromatic rings. The Morgan fingerprint density at radius 3 is 2.53 bits per heavy atom. The molecule has 1 aromatic carbocycles. The largest absolute Gasteiger partial charge is 0.446 e. The maximum atomic E-state index is 13.0. The van der Waals surface area contributed by atoms with Crippen LogP contribution in [0, 0.1) is 11.8 Å². The number of nitrogens with zero attached hydrogens (tertiary/aromatic N) is 2. The van der Waals surface area contributed by atoms with Gasteiger partial charge < -0.3 is 9.84 Å². The molecule has 0 saturated heterocycles. The molecule has 0 bridgehead atoms. The highest BCUT2D eigenvalue weighted by Gasteiger charge is 2.33. The van der Waals surface area contributed by atoms with Crippen LogP contribution in [-0.4, -0.2) is 39.5 Å². The molecule has 158 valence electrons. The van der Waals surface area contributed by atoms with Crippen molar-refractivity contribution in [1.82, 2.24) is 9.88 Å². The van der Waals surface area contributed by atoms with E-state index in [4.69, 9.17) is 4.74 Å². The van der Waals surface area contributed by atoms with Crippen molar-refractivity contribution >= 4 is 17.0 Å². The number of aliphatic hydroxyl groups is 1. The maximum Gasteiger partial charge on any atom is 0.413 e. The van der Waals surface area contributed by atoms with E-state index in [1.807, 2.05) is 30.3 Å². The van der Waals surface area contributed by atoms with E-state index in [9.17, 15) is 9.90 Å². The summed E-state index contributed by atoms with van der Waals surface area (Å²) in [6.07, 6.45) is 10.3. The molecule has 5 nitrogen and oxygen atoms in total. The van der Waals surface area contributed by atoms with Crippen LogP contribution >= 0.6 is 0 Å². The highest BCUT2D eigenvalue weighted by Crippen LogP contribution is 2.27. The summed E-state index contributed by atoms with van der Waals surface area (Å²) in [5, 5.41) is 11.9. The van der Waals surface area contributed by atoms with E-state index in [0.29, 0.717) is 0 Å². The zero-order chi connectivity index (χ0) is 20.8. The molecule has 1 unspecified atom stereocenters. The second-order valence-corrected chi connectivity index (χ2v) is 8.40. The van der Waals surface area contributed by atoms with Crippen molar-refractivity contribution in [2.24, 2.45) is 0 Å². The third-order valence-corrected chi connectivity index (χ3v) is 6.20. The van der Waals surface area contributed by atoms with Crippen molar-refractivity contribution in [3.8, 4) is 11.8 Å². The number of hydrogen-bond donors (Lipinski definition) is 1. The molecule has 0 spiro atoms. The molecular formula is C25H30N2O3. The van der Waals surface area contributed by atoms with E-state index >= 15 is 0 Å². The average molecular weight is 407 g/mol. The lowest BCUT2D eigenvalue weighted by molar-refractivity contribution is -0.0209. The number of carbonyl (C=O) groups excluding carboxylic acids is 1. The van der Waals surface area contributed by atoms with Gasteiger partial charge in [-0.15, -0.1) is 0 Å². The fourth-order valence-corrected chi connectivity index (χ4v) is 4.55. The van der Waals surface area contributed by atoms with Gasteiger partial charge in [0.2, 0.25) is 0 Å². The van der Waals surface area contributed by atoms with Gasteiger partial charge in [-0.1, -0.05) is 49.8 Å². The van der Waals surface area contributed by atoms with Gasteiger partial charge in [0, 0.05) is 23.2 Å². The van der Waals surface area contributed by atoms with Crippen LogP contribution in [0.25, 0.3) is 10.9 Å². The second kappa shape index (κ2) is 9.95. The molecule has 1 heterocycles. The van der Waals surface area contributed by atoms with Crippen molar-refractivity contribution in [3.63, 3.8) is 0 Å². The van der Waals surface area contributed by atoms with E-state index in [-0.39, 0.29) is 12.1 Å². The van der Waals surface area contributed by atoms with Gasteiger partial charge in [-0.25, -0.2) is 4.79 Å². The first kappa shape index (κ1) is 20.7. The minimum atomic E-state index is -1.18. The fraction of sp³-hybridized carbons (Fsp3) is 0.520. The smallest absolute Gasteiger partial charge is 0.413 e. The number of aromatic nitrogens is 1. The summed E-state index contributed by atoms with van der Waals surface area (Å²) >= 11 is 0. The molecule has 4 rings (SSSR count). The molecule has 0 radical (unpaired) electrons. The molecule has 1 aromatic heterocycles. The number of aliphatic hydroxyl groups excluding tert-OH is 1. The van der Waals surface area contributed by atoms with Gasteiger partial charge in [0.15, 0.2) is 6.23 Å². The van der Waals surface area contributed by atoms with Gasteiger partial charge >= 0.3 is 6.09 Å². The lowest BCUT2D eigenvalue weighted by atomic mass is 9.94. The Morgan fingerprint density at radius 2 is 1.77 bits per heavy atom.